The summed E-state index contributed by atoms with van der Waals surface area (Å²) >= 11 is 0. The molecular formula is C10H6N2O2. The number of rotatable bonds is 1. The molecule has 0 aliphatic carbocycles. The summed E-state index contributed by atoms with van der Waals surface area (Å²) in [6.07, 6.45) is 0.998. The summed E-state index contributed by atoms with van der Waals surface area (Å²) in [5.74, 6) is -0.337. The summed E-state index contributed by atoms with van der Waals surface area (Å²) in [5, 5.41) is 0. The Morgan fingerprint density at radius 2 is 1.71 bits per heavy atom. The number of carbonyl (C=O) groups excluding carboxylic acids is 2. The van der Waals surface area contributed by atoms with Crippen LogP contribution >= 0.6 is 0 Å². The van der Waals surface area contributed by atoms with Crippen LogP contribution in [0.15, 0.2) is 40.3 Å². The van der Waals surface area contributed by atoms with Crippen LogP contribution in [-0.2, 0) is 4.79 Å². The van der Waals surface area contributed by atoms with Crippen molar-refractivity contribution in [2.75, 3.05) is 0 Å². The molecule has 0 spiro atoms. The Kier molecular flexibility index (Phi) is 2.02. The molecule has 0 bridgehead atoms. The molecule has 0 saturated carbocycles. The van der Waals surface area contributed by atoms with Crippen molar-refractivity contribution in [3.05, 3.63) is 35.9 Å². The Morgan fingerprint density at radius 1 is 1.00 bits per heavy atom. The molecule has 0 unspecified atom stereocenters. The largest absolute Gasteiger partial charge is 0.367 e. The second kappa shape index (κ2) is 3.33. The van der Waals surface area contributed by atoms with Crippen molar-refractivity contribution in [1.29, 1.82) is 0 Å². The van der Waals surface area contributed by atoms with E-state index in [0.29, 0.717) is 5.56 Å². The number of Topliss-reactive ketones (excluding diaryl/α,β-unsaturated/α-hetero) is 1. The zero-order valence-electron chi connectivity index (χ0n) is 7.18. The molecule has 0 atom stereocenters. The second-order valence-electron chi connectivity index (χ2n) is 2.73. The zero-order chi connectivity index (χ0) is 9.97. The lowest BCUT2D eigenvalue weighted by Gasteiger charge is -2.03. The number of aliphatic imine (C=N–C) groups is 2. The maximum atomic E-state index is 11.3. The minimum Gasteiger partial charge on any atom is -0.286 e. The summed E-state index contributed by atoms with van der Waals surface area (Å²) in [6, 6.07) is 8.20. The lowest BCUT2D eigenvalue weighted by molar-refractivity contribution is -0.107. The van der Waals surface area contributed by atoms with Crippen LogP contribution in [0.3, 0.4) is 0 Å². The highest BCUT2D eigenvalue weighted by Gasteiger charge is 2.17. The molecule has 1 aromatic carbocycles. The first-order valence-electron chi connectivity index (χ1n) is 4.04. The molecular weight excluding hydrogens is 180 g/mol. The van der Waals surface area contributed by atoms with E-state index in [1.807, 2.05) is 6.07 Å². The number of hydrogen-bond acceptors (Lipinski definition) is 2. The molecule has 1 aromatic rings. The third-order valence-electron chi connectivity index (χ3n) is 1.78. The molecule has 0 radical (unpaired) electrons. The minimum atomic E-state index is -0.636. The Morgan fingerprint density at radius 3 is 2.43 bits per heavy atom. The molecule has 1 aliphatic heterocycles. The lowest BCUT2D eigenvalue weighted by Crippen LogP contribution is -2.21. The Labute approximate surface area is 80.0 Å². The molecule has 1 aliphatic rings. The van der Waals surface area contributed by atoms with Gasteiger partial charge in [-0.25, -0.2) is 4.79 Å². The van der Waals surface area contributed by atoms with E-state index < -0.39 is 6.03 Å². The molecule has 1 heterocycles. The molecule has 2 rings (SSSR count). The standard InChI is InChI=1S/C10H6N2O2/c13-8-6-11-10(14)12-9(8)7-4-2-1-3-5-7/h1-6H. The van der Waals surface area contributed by atoms with E-state index in [9.17, 15) is 9.59 Å². The summed E-state index contributed by atoms with van der Waals surface area (Å²) in [6.45, 7) is 0. The van der Waals surface area contributed by atoms with E-state index in [2.05, 4.69) is 9.98 Å². The molecule has 0 N–H and O–H groups in total. The van der Waals surface area contributed by atoms with Crippen LogP contribution in [0.5, 0.6) is 0 Å². The Balaban J connectivity index is 2.45. The number of amides is 2. The van der Waals surface area contributed by atoms with Crippen molar-refractivity contribution in [2.45, 2.75) is 0 Å². The second-order valence-corrected chi connectivity index (χ2v) is 2.73. The maximum absolute atomic E-state index is 11.3. The summed E-state index contributed by atoms with van der Waals surface area (Å²) in [7, 11) is 0. The first kappa shape index (κ1) is 8.50. The van der Waals surface area contributed by atoms with Crippen molar-refractivity contribution < 1.29 is 9.59 Å². The van der Waals surface area contributed by atoms with Gasteiger partial charge in [0.05, 0.1) is 6.21 Å². The number of urea groups is 1. The number of hydrogen-bond donors (Lipinski definition) is 0. The fourth-order valence-corrected chi connectivity index (χ4v) is 1.16. The molecule has 0 aromatic heterocycles. The highest BCUT2D eigenvalue weighted by molar-refractivity contribution is 6.66. The van der Waals surface area contributed by atoms with Crippen LogP contribution in [0.2, 0.25) is 0 Å². The molecule has 0 saturated heterocycles. The van der Waals surface area contributed by atoms with Gasteiger partial charge in [-0.3, -0.25) is 4.79 Å². The topological polar surface area (TPSA) is 58.9 Å². The van der Waals surface area contributed by atoms with Crippen LogP contribution in [0.4, 0.5) is 4.79 Å². The average molecular weight is 186 g/mol. The van der Waals surface area contributed by atoms with Crippen molar-refractivity contribution in [3.8, 4) is 0 Å². The molecule has 0 fully saturated rings. The summed E-state index contributed by atoms with van der Waals surface area (Å²) < 4.78 is 0. The third-order valence-corrected chi connectivity index (χ3v) is 1.78. The average Bonchev–Trinajstić information content (AvgIpc) is 2.23. The van der Waals surface area contributed by atoms with E-state index in [4.69, 9.17) is 0 Å². The number of carbonyl (C=O) groups is 2. The van der Waals surface area contributed by atoms with Crippen LogP contribution < -0.4 is 0 Å². The molecule has 14 heavy (non-hydrogen) atoms. The Bertz CT molecular complexity index is 446. The monoisotopic (exact) mass is 186 g/mol. The maximum Gasteiger partial charge on any atom is 0.367 e. The fourth-order valence-electron chi connectivity index (χ4n) is 1.16. The van der Waals surface area contributed by atoms with Crippen LogP contribution in [-0.4, -0.2) is 23.7 Å². The third kappa shape index (κ3) is 1.50. The van der Waals surface area contributed by atoms with E-state index in [-0.39, 0.29) is 11.5 Å². The highest BCUT2D eigenvalue weighted by atomic mass is 16.2. The molecule has 4 nitrogen and oxygen atoms in total. The first-order chi connectivity index (χ1) is 6.77. The minimum absolute atomic E-state index is 0.158. The highest BCUT2D eigenvalue weighted by Crippen LogP contribution is 2.05. The van der Waals surface area contributed by atoms with Crippen molar-refractivity contribution in [2.24, 2.45) is 9.98 Å². The van der Waals surface area contributed by atoms with Gasteiger partial charge in [0.15, 0.2) is 0 Å². The molecule has 4 heteroatoms. The zero-order valence-corrected chi connectivity index (χ0v) is 7.18. The molecule has 68 valence electrons. The van der Waals surface area contributed by atoms with E-state index >= 15 is 0 Å². The SMILES string of the molecule is O=C1N=CC(=O)C(c2ccccc2)=N1. The van der Waals surface area contributed by atoms with Gasteiger partial charge >= 0.3 is 6.03 Å². The predicted molar refractivity (Wildman–Crippen MR) is 51.9 cm³/mol. The van der Waals surface area contributed by atoms with Gasteiger partial charge in [-0.1, -0.05) is 30.3 Å². The first-order valence-corrected chi connectivity index (χ1v) is 4.04. The molecule has 2 amide bonds. The van der Waals surface area contributed by atoms with Gasteiger partial charge in [0, 0.05) is 5.56 Å². The quantitative estimate of drug-likeness (QED) is 0.662. The van der Waals surface area contributed by atoms with Gasteiger partial charge in [0.25, 0.3) is 0 Å². The van der Waals surface area contributed by atoms with E-state index in [0.717, 1.165) is 6.21 Å². The lowest BCUT2D eigenvalue weighted by atomic mass is 10.1. The van der Waals surface area contributed by atoms with Gasteiger partial charge in [0.2, 0.25) is 5.78 Å². The van der Waals surface area contributed by atoms with E-state index in [1.54, 1.807) is 24.3 Å². The van der Waals surface area contributed by atoms with Gasteiger partial charge in [-0.05, 0) is 0 Å². The Hall–Kier alpha value is -2.10. The number of nitrogens with zero attached hydrogens (tertiary/aromatic N) is 2. The van der Waals surface area contributed by atoms with E-state index in [1.165, 1.54) is 0 Å². The predicted octanol–water partition coefficient (Wildman–Crippen LogP) is 1.25. The number of ketones is 1. The smallest absolute Gasteiger partial charge is 0.286 e. The van der Waals surface area contributed by atoms with Gasteiger partial charge < -0.3 is 0 Å². The van der Waals surface area contributed by atoms with Crippen LogP contribution in [0.25, 0.3) is 0 Å². The normalized spacial score (nSPS) is 15.6. The van der Waals surface area contributed by atoms with Gasteiger partial charge in [0.1, 0.15) is 5.71 Å². The van der Waals surface area contributed by atoms with Gasteiger partial charge in [-0.2, -0.15) is 9.98 Å². The van der Waals surface area contributed by atoms with Crippen molar-refractivity contribution in [3.63, 3.8) is 0 Å². The summed E-state index contributed by atoms with van der Waals surface area (Å²) in [4.78, 5) is 29.0. The van der Waals surface area contributed by atoms with Gasteiger partial charge in [-0.15, -0.1) is 0 Å². The summed E-state index contributed by atoms with van der Waals surface area (Å²) in [5.41, 5.74) is 0.794. The van der Waals surface area contributed by atoms with Crippen LogP contribution in [0, 0.1) is 0 Å². The number of benzene rings is 1. The van der Waals surface area contributed by atoms with Crippen LogP contribution in [0.1, 0.15) is 5.56 Å². The fraction of sp³-hybridized carbons (Fsp3) is 0. The van der Waals surface area contributed by atoms with Crippen molar-refractivity contribution >= 4 is 23.7 Å². The van der Waals surface area contributed by atoms with Crippen molar-refractivity contribution in [1.82, 2.24) is 0 Å².